The monoisotopic (exact) mass is 457 g/mol. The molecule has 3 rings (SSSR count). The van der Waals surface area contributed by atoms with Crippen LogP contribution in [0.1, 0.15) is 18.1 Å². The van der Waals surface area contributed by atoms with Gasteiger partial charge >= 0.3 is 23.7 Å². The molecule has 0 amide bonds. The predicted octanol–water partition coefficient (Wildman–Crippen LogP) is 1.74. The normalized spacial score (nSPS) is 15.2. The molecule has 8 nitrogen and oxygen atoms in total. The zero-order valence-electron chi connectivity index (χ0n) is 17.1. The van der Waals surface area contributed by atoms with Crippen LogP contribution in [0.25, 0.3) is 0 Å². The average molecular weight is 457 g/mol. The van der Waals surface area contributed by atoms with Gasteiger partial charge in [0.2, 0.25) is 13.1 Å². The van der Waals surface area contributed by atoms with Crippen LogP contribution < -0.4 is 9.47 Å². The fraction of sp³-hybridized carbons (Fsp3) is 0.286. The second-order valence-corrected chi connectivity index (χ2v) is 6.39. The number of methoxy groups -OCH3 is 2. The summed E-state index contributed by atoms with van der Waals surface area (Å²) in [6, 6.07) is 10.5. The first kappa shape index (κ1) is 25.0. The van der Waals surface area contributed by atoms with Gasteiger partial charge in [0, 0.05) is 19.1 Å². The Balaban J connectivity index is 0.000000827. The van der Waals surface area contributed by atoms with Gasteiger partial charge < -0.3 is 24.8 Å². The van der Waals surface area contributed by atoms with E-state index in [1.807, 2.05) is 36.7 Å². The number of hydrogen-bond acceptors (Lipinski definition) is 5. The minimum atomic E-state index is -0.833. The Kier molecular flexibility index (Phi) is 9.87. The molecule has 0 saturated carbocycles. The van der Waals surface area contributed by atoms with Crippen molar-refractivity contribution in [3.8, 4) is 23.0 Å². The number of aliphatic carboxylic acids is 1. The standard InChI is InChI=1S/C19H20N2O4.C2H4O2.Mn/c1-24-16-5-3-14(18(22)9-16)11-20-7-8-21(13-20)12-15-4-6-17(25-2)10-19(15)23;1-2(3)4;/h3-6,9-12H,7-8,13H2,1-2H3;1H3,(H,3,4);/q;;+3/p+2. The van der Waals surface area contributed by atoms with Crippen molar-refractivity contribution < 1.29 is 55.8 Å². The van der Waals surface area contributed by atoms with E-state index in [1.165, 1.54) is 0 Å². The number of benzene rings is 2. The summed E-state index contributed by atoms with van der Waals surface area (Å²) in [6.07, 6.45) is 3.85. The van der Waals surface area contributed by atoms with Crippen molar-refractivity contribution in [3.63, 3.8) is 0 Å². The SMILES string of the molecule is CC(=O)O.COc1ccc(/C=[N+]2/CC/[N+](=C/c3ccc(OC)cc3O)C2)c(O)c1.[Mn+3]. The van der Waals surface area contributed by atoms with Crippen LogP contribution in [0.15, 0.2) is 36.4 Å². The van der Waals surface area contributed by atoms with Crippen LogP contribution in [0, 0.1) is 0 Å². The minimum absolute atomic E-state index is 0. The number of nitrogens with zero attached hydrogens (tertiary/aromatic N) is 2. The van der Waals surface area contributed by atoms with Gasteiger partial charge in [0.1, 0.15) is 23.0 Å². The largest absolute Gasteiger partial charge is 3.00 e. The van der Waals surface area contributed by atoms with E-state index in [1.54, 1.807) is 26.4 Å². The second-order valence-electron chi connectivity index (χ2n) is 6.39. The van der Waals surface area contributed by atoms with E-state index in [0.717, 1.165) is 31.1 Å². The van der Waals surface area contributed by atoms with Gasteiger partial charge in [-0.1, -0.05) is 0 Å². The summed E-state index contributed by atoms with van der Waals surface area (Å²) in [6.45, 7) is 3.43. The number of aromatic hydroxyl groups is 2. The third-order valence-electron chi connectivity index (χ3n) is 4.16. The number of ether oxygens (including phenoxy) is 2. The van der Waals surface area contributed by atoms with Crippen LogP contribution in [-0.2, 0) is 21.9 Å². The number of phenols is 2. The molecule has 0 unspecified atom stereocenters. The van der Waals surface area contributed by atoms with Crippen LogP contribution in [0.2, 0.25) is 0 Å². The molecule has 9 heteroatoms. The average Bonchev–Trinajstić information content (AvgIpc) is 3.11. The first-order valence-corrected chi connectivity index (χ1v) is 8.93. The van der Waals surface area contributed by atoms with E-state index in [4.69, 9.17) is 19.4 Å². The van der Waals surface area contributed by atoms with Crippen molar-refractivity contribution in [2.45, 2.75) is 6.92 Å². The molecule has 0 atom stereocenters. The molecule has 30 heavy (non-hydrogen) atoms. The van der Waals surface area contributed by atoms with Gasteiger partial charge in [-0.25, -0.2) is 0 Å². The van der Waals surface area contributed by atoms with Crippen molar-refractivity contribution in [2.75, 3.05) is 34.0 Å². The molecule has 1 saturated heterocycles. The van der Waals surface area contributed by atoms with Crippen LogP contribution in [0.5, 0.6) is 23.0 Å². The molecule has 1 fully saturated rings. The third-order valence-corrected chi connectivity index (χ3v) is 4.16. The summed E-state index contributed by atoms with van der Waals surface area (Å²) in [7, 11) is 3.14. The molecule has 1 aliphatic rings. The number of carboxylic acid groups (broad SMARTS) is 1. The molecule has 0 aromatic heterocycles. The van der Waals surface area contributed by atoms with Crippen molar-refractivity contribution in [3.05, 3.63) is 47.5 Å². The van der Waals surface area contributed by atoms with Gasteiger partial charge in [0.25, 0.3) is 5.97 Å². The maximum absolute atomic E-state index is 10.1. The second kappa shape index (κ2) is 11.8. The van der Waals surface area contributed by atoms with E-state index < -0.39 is 5.97 Å². The number of carbonyl (C=O) groups is 1. The zero-order valence-corrected chi connectivity index (χ0v) is 18.3. The van der Waals surface area contributed by atoms with Gasteiger partial charge in [-0.15, -0.1) is 0 Å². The summed E-state index contributed by atoms with van der Waals surface area (Å²) in [5.41, 5.74) is 1.49. The van der Waals surface area contributed by atoms with E-state index in [9.17, 15) is 10.2 Å². The van der Waals surface area contributed by atoms with Crippen LogP contribution >= 0.6 is 0 Å². The number of phenolic OH excluding ortho intramolecular Hbond substituents is 2. The van der Waals surface area contributed by atoms with E-state index in [2.05, 4.69) is 9.15 Å². The van der Waals surface area contributed by atoms with Crippen molar-refractivity contribution in [1.29, 1.82) is 0 Å². The molecule has 0 radical (unpaired) electrons. The zero-order chi connectivity index (χ0) is 21.4. The molecule has 3 N–H and O–H groups in total. The Morgan fingerprint density at radius 2 is 1.27 bits per heavy atom. The first-order valence-electron chi connectivity index (χ1n) is 8.93. The minimum Gasteiger partial charge on any atom is -0.507 e. The van der Waals surface area contributed by atoms with Gasteiger partial charge in [0.05, 0.1) is 25.3 Å². The summed E-state index contributed by atoms with van der Waals surface area (Å²) in [4.78, 5) is 9.00. The van der Waals surface area contributed by atoms with E-state index in [-0.39, 0.29) is 28.6 Å². The Morgan fingerprint density at radius 1 is 0.900 bits per heavy atom. The Labute approximate surface area is 185 Å². The maximum Gasteiger partial charge on any atom is 3.00 e. The van der Waals surface area contributed by atoms with Gasteiger partial charge in [-0.2, -0.15) is 9.15 Å². The quantitative estimate of drug-likeness (QED) is 0.478. The van der Waals surface area contributed by atoms with E-state index in [0.29, 0.717) is 18.2 Å². The summed E-state index contributed by atoms with van der Waals surface area (Å²) in [5.74, 6) is 0.797. The Morgan fingerprint density at radius 3 is 1.57 bits per heavy atom. The van der Waals surface area contributed by atoms with Crippen LogP contribution in [-0.4, -0.2) is 76.8 Å². The van der Waals surface area contributed by atoms with Gasteiger partial charge in [-0.05, 0) is 24.3 Å². The predicted molar refractivity (Wildman–Crippen MR) is 108 cm³/mol. The topological polar surface area (TPSA) is 102 Å². The van der Waals surface area contributed by atoms with Crippen LogP contribution in [0.4, 0.5) is 0 Å². The first-order chi connectivity index (χ1) is 13.8. The molecule has 158 valence electrons. The van der Waals surface area contributed by atoms with Crippen LogP contribution in [0.3, 0.4) is 0 Å². The van der Waals surface area contributed by atoms with Crippen molar-refractivity contribution >= 4 is 18.4 Å². The van der Waals surface area contributed by atoms with Gasteiger partial charge in [0.15, 0.2) is 12.4 Å². The summed E-state index contributed by atoms with van der Waals surface area (Å²) >= 11 is 0. The molecular weight excluding hydrogens is 431 g/mol. The Bertz CT molecular complexity index is 870. The molecule has 1 heterocycles. The van der Waals surface area contributed by atoms with Crippen molar-refractivity contribution in [1.82, 2.24) is 0 Å². The summed E-state index contributed by atoms with van der Waals surface area (Å²) in [5, 5.41) is 27.5. The fourth-order valence-electron chi connectivity index (χ4n) is 2.76. The summed E-state index contributed by atoms with van der Waals surface area (Å²) < 4.78 is 14.4. The molecule has 0 bridgehead atoms. The number of rotatable bonds is 4. The molecule has 1 aliphatic heterocycles. The molecule has 0 aliphatic carbocycles. The number of carboxylic acids is 1. The molecular formula is C21H26MnN2O6+5. The van der Waals surface area contributed by atoms with Gasteiger partial charge in [-0.3, -0.25) is 4.79 Å². The Hall–Kier alpha value is -3.03. The molecule has 2 aromatic rings. The number of hydrogen-bond donors (Lipinski definition) is 3. The van der Waals surface area contributed by atoms with Crippen molar-refractivity contribution in [2.24, 2.45) is 0 Å². The molecule has 0 spiro atoms. The third kappa shape index (κ3) is 7.42. The van der Waals surface area contributed by atoms with E-state index >= 15 is 0 Å². The smallest absolute Gasteiger partial charge is 0.507 e. The fourth-order valence-corrected chi connectivity index (χ4v) is 2.76. The maximum atomic E-state index is 10.1. The molecule has 2 aromatic carbocycles.